The number of rotatable bonds is 0. The molecule has 0 saturated carbocycles. The predicted molar refractivity (Wildman–Crippen MR) is 39.1 cm³/mol. The van der Waals surface area contributed by atoms with Crippen LogP contribution in [0.4, 0.5) is 5.82 Å². The van der Waals surface area contributed by atoms with Crippen LogP contribution in [0.2, 0.25) is 0 Å². The molecule has 4 heteroatoms. The van der Waals surface area contributed by atoms with Gasteiger partial charge in [-0.2, -0.15) is 0 Å². The fraction of sp³-hybridized carbons (Fsp3) is 0.333. The van der Waals surface area contributed by atoms with Crippen LogP contribution in [0.1, 0.15) is 18.7 Å². The molecular weight excluding hydrogens is 128 g/mol. The summed E-state index contributed by atoms with van der Waals surface area (Å²) in [5, 5.41) is 2.94. The van der Waals surface area contributed by atoms with Crippen molar-refractivity contribution < 1.29 is 0 Å². The Morgan fingerprint density at radius 2 is 2.50 bits per heavy atom. The van der Waals surface area contributed by atoms with Gasteiger partial charge in [-0.05, 0) is 6.92 Å². The SMILES string of the molecule is CC1N=CNc2nc[nH]c21. The third-order valence-corrected chi connectivity index (χ3v) is 1.59. The lowest BCUT2D eigenvalue weighted by Crippen LogP contribution is -2.07. The van der Waals surface area contributed by atoms with Crippen molar-refractivity contribution in [1.29, 1.82) is 0 Å². The second-order valence-electron chi connectivity index (χ2n) is 2.26. The summed E-state index contributed by atoms with van der Waals surface area (Å²) in [5.41, 5.74) is 1.06. The first-order chi connectivity index (χ1) is 4.88. The van der Waals surface area contributed by atoms with Crippen LogP contribution in [-0.4, -0.2) is 16.3 Å². The van der Waals surface area contributed by atoms with E-state index in [1.165, 1.54) is 0 Å². The molecule has 2 N–H and O–H groups in total. The minimum absolute atomic E-state index is 0.207. The molecule has 1 aliphatic rings. The summed E-state index contributed by atoms with van der Waals surface area (Å²) in [6.07, 6.45) is 3.34. The number of aliphatic imine (C=N–C) groups is 1. The maximum absolute atomic E-state index is 4.14. The van der Waals surface area contributed by atoms with E-state index in [2.05, 4.69) is 20.3 Å². The highest BCUT2D eigenvalue weighted by Crippen LogP contribution is 2.23. The van der Waals surface area contributed by atoms with Crippen LogP contribution in [0.15, 0.2) is 11.3 Å². The quantitative estimate of drug-likeness (QED) is 0.557. The maximum atomic E-state index is 4.14. The Morgan fingerprint density at radius 1 is 1.60 bits per heavy atom. The van der Waals surface area contributed by atoms with E-state index in [-0.39, 0.29) is 6.04 Å². The highest BCUT2D eigenvalue weighted by molar-refractivity contribution is 5.77. The molecule has 10 heavy (non-hydrogen) atoms. The normalized spacial score (nSPS) is 21.9. The number of hydrogen-bond acceptors (Lipinski definition) is 3. The van der Waals surface area contributed by atoms with Crippen molar-refractivity contribution in [2.45, 2.75) is 13.0 Å². The Hall–Kier alpha value is -1.32. The fourth-order valence-electron chi connectivity index (χ4n) is 1.02. The number of nitrogens with zero attached hydrogens (tertiary/aromatic N) is 2. The van der Waals surface area contributed by atoms with E-state index in [4.69, 9.17) is 0 Å². The molecule has 0 radical (unpaired) electrons. The van der Waals surface area contributed by atoms with Crippen molar-refractivity contribution in [3.8, 4) is 0 Å². The highest BCUT2D eigenvalue weighted by Gasteiger charge is 2.13. The zero-order valence-electron chi connectivity index (χ0n) is 5.63. The molecule has 1 unspecified atom stereocenters. The van der Waals surface area contributed by atoms with E-state index < -0.39 is 0 Å². The molecule has 0 saturated heterocycles. The Balaban J connectivity index is 2.48. The molecule has 52 valence electrons. The molecular formula is C6H8N4. The molecule has 1 aliphatic heterocycles. The second-order valence-corrected chi connectivity index (χ2v) is 2.26. The van der Waals surface area contributed by atoms with Gasteiger partial charge in [0.1, 0.15) is 0 Å². The van der Waals surface area contributed by atoms with Gasteiger partial charge >= 0.3 is 0 Å². The summed E-state index contributed by atoms with van der Waals surface area (Å²) < 4.78 is 0. The Bertz CT molecular complexity index is 262. The summed E-state index contributed by atoms with van der Waals surface area (Å²) >= 11 is 0. The van der Waals surface area contributed by atoms with Gasteiger partial charge in [0.15, 0.2) is 5.82 Å². The van der Waals surface area contributed by atoms with Gasteiger partial charge in [0, 0.05) is 0 Å². The lowest BCUT2D eigenvalue weighted by atomic mass is 10.2. The van der Waals surface area contributed by atoms with Gasteiger partial charge in [-0.1, -0.05) is 0 Å². The van der Waals surface area contributed by atoms with Crippen molar-refractivity contribution in [2.24, 2.45) is 4.99 Å². The number of imidazole rings is 1. The van der Waals surface area contributed by atoms with Crippen LogP contribution in [0, 0.1) is 0 Å². The average Bonchev–Trinajstić information content (AvgIpc) is 2.36. The summed E-state index contributed by atoms with van der Waals surface area (Å²) in [6, 6.07) is 0.207. The highest BCUT2D eigenvalue weighted by atomic mass is 15.1. The molecule has 4 nitrogen and oxygen atoms in total. The third-order valence-electron chi connectivity index (χ3n) is 1.59. The summed E-state index contributed by atoms with van der Waals surface area (Å²) in [5.74, 6) is 0.891. The van der Waals surface area contributed by atoms with Gasteiger partial charge in [-0.15, -0.1) is 0 Å². The van der Waals surface area contributed by atoms with Crippen LogP contribution in [0.5, 0.6) is 0 Å². The van der Waals surface area contributed by atoms with Crippen LogP contribution < -0.4 is 5.32 Å². The van der Waals surface area contributed by atoms with E-state index >= 15 is 0 Å². The molecule has 0 bridgehead atoms. The molecule has 0 amide bonds. The maximum Gasteiger partial charge on any atom is 0.154 e. The minimum atomic E-state index is 0.207. The summed E-state index contributed by atoms with van der Waals surface area (Å²) in [7, 11) is 0. The molecule has 1 aromatic heterocycles. The van der Waals surface area contributed by atoms with Gasteiger partial charge in [0.25, 0.3) is 0 Å². The molecule has 0 aliphatic carbocycles. The average molecular weight is 136 g/mol. The molecule has 0 spiro atoms. The monoisotopic (exact) mass is 136 g/mol. The molecule has 0 fully saturated rings. The van der Waals surface area contributed by atoms with Gasteiger partial charge in [0.2, 0.25) is 0 Å². The largest absolute Gasteiger partial charge is 0.345 e. The number of fused-ring (bicyclic) bond motifs is 1. The topological polar surface area (TPSA) is 53.1 Å². The van der Waals surface area contributed by atoms with Crippen molar-refractivity contribution in [3.63, 3.8) is 0 Å². The first-order valence-electron chi connectivity index (χ1n) is 3.19. The van der Waals surface area contributed by atoms with E-state index in [0.29, 0.717) is 0 Å². The van der Waals surface area contributed by atoms with Gasteiger partial charge in [-0.25, -0.2) is 4.98 Å². The van der Waals surface area contributed by atoms with E-state index in [9.17, 15) is 0 Å². The lowest BCUT2D eigenvalue weighted by molar-refractivity contribution is 0.789. The van der Waals surface area contributed by atoms with Crippen LogP contribution in [0.3, 0.4) is 0 Å². The number of aromatic amines is 1. The summed E-state index contributed by atoms with van der Waals surface area (Å²) in [6.45, 7) is 2.02. The molecule has 2 heterocycles. The number of hydrogen-bond donors (Lipinski definition) is 2. The van der Waals surface area contributed by atoms with E-state index in [1.54, 1.807) is 12.7 Å². The number of anilines is 1. The second kappa shape index (κ2) is 1.83. The molecule has 1 atom stereocenters. The lowest BCUT2D eigenvalue weighted by Gasteiger charge is -2.10. The van der Waals surface area contributed by atoms with Gasteiger partial charge in [-0.3, -0.25) is 4.99 Å². The van der Waals surface area contributed by atoms with E-state index in [1.807, 2.05) is 6.92 Å². The smallest absolute Gasteiger partial charge is 0.154 e. The standard InChI is InChI=1S/C6H8N4/c1-4-5-6(9-2-7-4)10-3-8-5/h2-4H,1H3,(H,7,9)(H,8,10). The number of nitrogens with one attached hydrogen (secondary N) is 2. The Labute approximate surface area is 58.4 Å². The van der Waals surface area contributed by atoms with Crippen molar-refractivity contribution >= 4 is 12.2 Å². The van der Waals surface area contributed by atoms with Crippen molar-refractivity contribution in [1.82, 2.24) is 9.97 Å². The predicted octanol–water partition coefficient (Wildman–Crippen LogP) is 0.924. The van der Waals surface area contributed by atoms with Crippen LogP contribution in [0.25, 0.3) is 0 Å². The Morgan fingerprint density at radius 3 is 3.30 bits per heavy atom. The van der Waals surface area contributed by atoms with Crippen LogP contribution in [-0.2, 0) is 0 Å². The number of H-pyrrole nitrogens is 1. The van der Waals surface area contributed by atoms with Crippen molar-refractivity contribution in [2.75, 3.05) is 5.32 Å². The minimum Gasteiger partial charge on any atom is -0.345 e. The van der Waals surface area contributed by atoms with Crippen LogP contribution >= 0.6 is 0 Å². The van der Waals surface area contributed by atoms with Crippen molar-refractivity contribution in [3.05, 3.63) is 12.0 Å². The first kappa shape index (κ1) is 5.46. The molecule has 2 rings (SSSR count). The zero-order valence-corrected chi connectivity index (χ0v) is 5.63. The molecule has 1 aromatic rings. The molecule has 0 aromatic carbocycles. The van der Waals surface area contributed by atoms with Gasteiger partial charge in [0.05, 0.1) is 24.4 Å². The third kappa shape index (κ3) is 0.618. The zero-order chi connectivity index (χ0) is 6.97. The number of aromatic nitrogens is 2. The van der Waals surface area contributed by atoms with E-state index in [0.717, 1.165) is 11.5 Å². The fourth-order valence-corrected chi connectivity index (χ4v) is 1.02. The first-order valence-corrected chi connectivity index (χ1v) is 3.19. The summed E-state index contributed by atoms with van der Waals surface area (Å²) in [4.78, 5) is 11.2. The van der Waals surface area contributed by atoms with Gasteiger partial charge < -0.3 is 10.3 Å². The Kier molecular flexibility index (Phi) is 1.00.